The Balaban J connectivity index is 2.40. The van der Waals surface area contributed by atoms with Crippen molar-refractivity contribution < 1.29 is 9.53 Å². The third-order valence-electron chi connectivity index (χ3n) is 2.32. The number of benzene rings is 1. The van der Waals surface area contributed by atoms with E-state index in [1.54, 1.807) is 24.3 Å². The Hall–Kier alpha value is -0.360. The quantitative estimate of drug-likeness (QED) is 0.653. The molecule has 6 heteroatoms. The molecular weight excluding hydrogens is 403 g/mol. The van der Waals surface area contributed by atoms with Crippen molar-refractivity contribution in [3.8, 4) is 5.75 Å². The lowest BCUT2D eigenvalue weighted by atomic mass is 10.1. The molecule has 0 aliphatic carbocycles. The summed E-state index contributed by atoms with van der Waals surface area (Å²) in [6, 6.07) is 6.78. The highest BCUT2D eigenvalue weighted by molar-refractivity contribution is 9.12. The van der Waals surface area contributed by atoms with Crippen LogP contribution < -0.4 is 4.74 Å². The average Bonchev–Trinajstić information content (AvgIpc) is 2.67. The van der Waals surface area contributed by atoms with Crippen molar-refractivity contribution in [1.29, 1.82) is 0 Å². The maximum atomic E-state index is 12.3. The lowest BCUT2D eigenvalue weighted by Crippen LogP contribution is -2.00. The first-order valence-corrected chi connectivity index (χ1v) is 7.64. The fourth-order valence-electron chi connectivity index (χ4n) is 1.46. The second-order valence-corrected chi connectivity index (χ2v) is 7.57. The van der Waals surface area contributed by atoms with Gasteiger partial charge in [-0.2, -0.15) is 0 Å². The van der Waals surface area contributed by atoms with E-state index in [1.807, 2.05) is 0 Å². The number of ether oxygens (including phenoxy) is 1. The number of methoxy groups -OCH3 is 1. The molecule has 0 spiro atoms. The Morgan fingerprint density at radius 2 is 2.06 bits per heavy atom. The third kappa shape index (κ3) is 2.79. The van der Waals surface area contributed by atoms with Gasteiger partial charge in [0.1, 0.15) is 5.75 Å². The van der Waals surface area contributed by atoms with Crippen molar-refractivity contribution in [3.63, 3.8) is 0 Å². The zero-order chi connectivity index (χ0) is 13.3. The molecule has 0 fully saturated rings. The molecule has 2 nitrogen and oxygen atoms in total. The van der Waals surface area contributed by atoms with Gasteiger partial charge in [0, 0.05) is 11.1 Å². The van der Waals surface area contributed by atoms with Gasteiger partial charge in [0.2, 0.25) is 0 Å². The first-order valence-electron chi connectivity index (χ1n) is 4.86. The SMILES string of the molecule is COc1ccc(C(=O)c2cc(Br)sc2Br)cc1Cl. The maximum absolute atomic E-state index is 12.3. The van der Waals surface area contributed by atoms with E-state index in [0.29, 0.717) is 21.9 Å². The van der Waals surface area contributed by atoms with Crippen molar-refractivity contribution in [2.24, 2.45) is 0 Å². The summed E-state index contributed by atoms with van der Waals surface area (Å²) < 4.78 is 6.75. The van der Waals surface area contributed by atoms with Gasteiger partial charge >= 0.3 is 0 Å². The molecule has 2 aromatic rings. The van der Waals surface area contributed by atoms with E-state index in [2.05, 4.69) is 31.9 Å². The Bertz CT molecular complexity index is 610. The Morgan fingerprint density at radius 3 is 2.56 bits per heavy atom. The molecule has 0 unspecified atom stereocenters. The summed E-state index contributed by atoms with van der Waals surface area (Å²) in [5.74, 6) is 0.479. The predicted molar refractivity (Wildman–Crippen MR) is 81.2 cm³/mol. The van der Waals surface area contributed by atoms with Crippen molar-refractivity contribution in [3.05, 3.63) is 48.0 Å². The zero-order valence-corrected chi connectivity index (χ0v) is 13.9. The Morgan fingerprint density at radius 1 is 1.33 bits per heavy atom. The molecule has 0 amide bonds. The number of rotatable bonds is 3. The lowest BCUT2D eigenvalue weighted by Gasteiger charge is -2.05. The molecular formula is C12H7Br2ClO2S. The number of thiophene rings is 1. The number of carbonyl (C=O) groups is 1. The largest absolute Gasteiger partial charge is 0.495 e. The fourth-order valence-corrected chi connectivity index (χ4v) is 4.51. The Labute approximate surface area is 130 Å². The van der Waals surface area contributed by atoms with Crippen LogP contribution in [-0.2, 0) is 0 Å². The van der Waals surface area contributed by atoms with Gasteiger partial charge in [-0.25, -0.2) is 0 Å². The summed E-state index contributed by atoms with van der Waals surface area (Å²) in [6.45, 7) is 0. The van der Waals surface area contributed by atoms with E-state index in [4.69, 9.17) is 16.3 Å². The van der Waals surface area contributed by atoms with E-state index in [1.165, 1.54) is 18.4 Å². The summed E-state index contributed by atoms with van der Waals surface area (Å²) in [5.41, 5.74) is 1.15. The summed E-state index contributed by atoms with van der Waals surface area (Å²) in [7, 11) is 1.54. The minimum Gasteiger partial charge on any atom is -0.495 e. The number of halogens is 3. The van der Waals surface area contributed by atoms with Crippen molar-refractivity contribution in [2.45, 2.75) is 0 Å². The molecule has 0 bridgehead atoms. The highest BCUT2D eigenvalue weighted by Gasteiger charge is 2.16. The van der Waals surface area contributed by atoms with Crippen LogP contribution in [0, 0.1) is 0 Å². The number of hydrogen-bond donors (Lipinski definition) is 0. The highest BCUT2D eigenvalue weighted by Crippen LogP contribution is 2.34. The van der Waals surface area contributed by atoms with Gasteiger partial charge in [-0.05, 0) is 56.1 Å². The van der Waals surface area contributed by atoms with Crippen LogP contribution in [0.4, 0.5) is 0 Å². The number of ketones is 1. The lowest BCUT2D eigenvalue weighted by molar-refractivity contribution is 0.103. The van der Waals surface area contributed by atoms with E-state index < -0.39 is 0 Å². The van der Waals surface area contributed by atoms with Gasteiger partial charge < -0.3 is 4.74 Å². The summed E-state index contributed by atoms with van der Waals surface area (Å²) in [5, 5.41) is 0.425. The molecule has 2 rings (SSSR count). The molecule has 1 heterocycles. The first-order chi connectivity index (χ1) is 8.52. The molecule has 18 heavy (non-hydrogen) atoms. The van der Waals surface area contributed by atoms with Crippen molar-refractivity contribution in [2.75, 3.05) is 7.11 Å². The number of carbonyl (C=O) groups excluding carboxylic acids is 1. The van der Waals surface area contributed by atoms with Crippen molar-refractivity contribution >= 4 is 60.6 Å². The van der Waals surface area contributed by atoms with Gasteiger partial charge in [0.05, 0.1) is 19.7 Å². The minimum atomic E-state index is -0.0756. The van der Waals surface area contributed by atoms with Crippen LogP contribution in [0.5, 0.6) is 5.75 Å². The molecule has 0 saturated heterocycles. The molecule has 94 valence electrons. The van der Waals surface area contributed by atoms with Crippen molar-refractivity contribution in [1.82, 2.24) is 0 Å². The summed E-state index contributed by atoms with van der Waals surface area (Å²) in [6.07, 6.45) is 0. The van der Waals surface area contributed by atoms with E-state index in [9.17, 15) is 4.79 Å². The highest BCUT2D eigenvalue weighted by atomic mass is 79.9. The molecule has 1 aromatic carbocycles. The van der Waals surface area contributed by atoms with Gasteiger partial charge in [-0.1, -0.05) is 11.6 Å². The van der Waals surface area contributed by atoms with E-state index in [0.717, 1.165) is 7.57 Å². The molecule has 1 aromatic heterocycles. The third-order valence-corrected chi connectivity index (χ3v) is 4.95. The second-order valence-electron chi connectivity index (χ2n) is 3.42. The van der Waals surface area contributed by atoms with Gasteiger partial charge in [0.25, 0.3) is 0 Å². The maximum Gasteiger partial charge on any atom is 0.195 e. The minimum absolute atomic E-state index is 0.0756. The van der Waals surface area contributed by atoms with Gasteiger partial charge in [-0.3, -0.25) is 4.79 Å². The van der Waals surface area contributed by atoms with Gasteiger partial charge in [-0.15, -0.1) is 11.3 Å². The summed E-state index contributed by atoms with van der Waals surface area (Å²) >= 11 is 14.2. The van der Waals surface area contributed by atoms with Crippen LogP contribution in [0.3, 0.4) is 0 Å². The second kappa shape index (κ2) is 5.74. The molecule has 0 atom stereocenters. The Kier molecular flexibility index (Phi) is 4.48. The molecule has 0 saturated carbocycles. The summed E-state index contributed by atoms with van der Waals surface area (Å²) in [4.78, 5) is 12.3. The first kappa shape index (κ1) is 14.1. The van der Waals surface area contributed by atoms with Crippen LogP contribution in [0.25, 0.3) is 0 Å². The van der Waals surface area contributed by atoms with E-state index >= 15 is 0 Å². The zero-order valence-electron chi connectivity index (χ0n) is 9.17. The standard InChI is InChI=1S/C12H7Br2ClO2S/c1-17-9-3-2-6(4-8(9)15)11(16)7-5-10(13)18-12(7)14/h2-5H,1H3. The average molecular weight is 411 g/mol. The molecule has 0 radical (unpaired) electrons. The molecule has 0 N–H and O–H groups in total. The molecule has 0 aliphatic rings. The van der Waals surface area contributed by atoms with Crippen LogP contribution >= 0.6 is 54.8 Å². The van der Waals surface area contributed by atoms with Crippen LogP contribution in [-0.4, -0.2) is 12.9 Å². The fraction of sp³-hybridized carbons (Fsp3) is 0.0833. The normalized spacial score (nSPS) is 10.4. The topological polar surface area (TPSA) is 26.3 Å². The van der Waals surface area contributed by atoms with Crippen LogP contribution in [0.2, 0.25) is 5.02 Å². The smallest absolute Gasteiger partial charge is 0.195 e. The van der Waals surface area contributed by atoms with Gasteiger partial charge in [0.15, 0.2) is 5.78 Å². The van der Waals surface area contributed by atoms with Crippen LogP contribution in [0.15, 0.2) is 31.8 Å². The predicted octanol–water partition coefficient (Wildman–Crippen LogP) is 5.17. The monoisotopic (exact) mass is 408 g/mol. The van der Waals surface area contributed by atoms with E-state index in [-0.39, 0.29) is 5.78 Å². The number of hydrogen-bond acceptors (Lipinski definition) is 3. The molecule has 0 aliphatic heterocycles. The van der Waals surface area contributed by atoms with Crippen LogP contribution in [0.1, 0.15) is 15.9 Å².